The summed E-state index contributed by atoms with van der Waals surface area (Å²) < 4.78 is 0. The number of fused-ring (bicyclic) bond motifs is 1. The third-order valence-electron chi connectivity index (χ3n) is 5.07. The predicted molar refractivity (Wildman–Crippen MR) is 113 cm³/mol. The molecule has 0 atom stereocenters. The van der Waals surface area contributed by atoms with E-state index < -0.39 is 0 Å². The van der Waals surface area contributed by atoms with Gasteiger partial charge in [-0.1, -0.05) is 12.1 Å². The Labute approximate surface area is 170 Å². The molecule has 1 amide bonds. The molecule has 2 aromatic rings. The normalized spacial score (nSPS) is 17.1. The fourth-order valence-electron chi connectivity index (χ4n) is 3.58. The number of halogens is 1. The number of carbonyl (C=O) groups excluding carboxylic acids is 1. The van der Waals surface area contributed by atoms with E-state index in [9.17, 15) is 4.79 Å². The highest BCUT2D eigenvalue weighted by atomic mass is 35.5. The lowest BCUT2D eigenvalue weighted by molar-refractivity contribution is 0.102. The maximum atomic E-state index is 12.7. The molecule has 8 heteroatoms. The number of aryl methyl sites for hydroxylation is 1. The minimum absolute atomic E-state index is 0. The number of rotatable bonds is 4. The Balaban J connectivity index is 0.00000210. The van der Waals surface area contributed by atoms with Crippen molar-refractivity contribution in [2.75, 3.05) is 36.5 Å². The van der Waals surface area contributed by atoms with Gasteiger partial charge in [0.05, 0.1) is 0 Å². The largest absolute Gasteiger partial charge is 0.320 e. The van der Waals surface area contributed by atoms with Gasteiger partial charge in [-0.25, -0.2) is 0 Å². The summed E-state index contributed by atoms with van der Waals surface area (Å²) >= 11 is 2.03. The average molecular weight is 408 g/mol. The Morgan fingerprint density at radius 3 is 2.93 bits per heavy atom. The van der Waals surface area contributed by atoms with E-state index in [0.29, 0.717) is 12.2 Å². The first-order valence-corrected chi connectivity index (χ1v) is 10.3. The smallest absolute Gasteiger partial charge is 0.276 e. The second-order valence-electron chi connectivity index (χ2n) is 6.95. The van der Waals surface area contributed by atoms with Gasteiger partial charge in [-0.15, -0.1) is 12.4 Å². The molecule has 0 spiro atoms. The minimum atomic E-state index is -0.143. The van der Waals surface area contributed by atoms with Crippen LogP contribution in [0.3, 0.4) is 0 Å². The van der Waals surface area contributed by atoms with Gasteiger partial charge in [0, 0.05) is 67.6 Å². The van der Waals surface area contributed by atoms with Crippen LogP contribution in [0.5, 0.6) is 0 Å². The second-order valence-corrected chi connectivity index (χ2v) is 8.17. The van der Waals surface area contributed by atoms with Crippen LogP contribution in [0.2, 0.25) is 0 Å². The molecule has 0 bridgehead atoms. The summed E-state index contributed by atoms with van der Waals surface area (Å²) in [5.74, 6) is 2.29. The lowest BCUT2D eigenvalue weighted by atomic mass is 10.1. The molecule has 0 aliphatic carbocycles. The molecule has 1 aromatic carbocycles. The van der Waals surface area contributed by atoms with Gasteiger partial charge >= 0.3 is 0 Å². The van der Waals surface area contributed by atoms with Crippen LogP contribution in [-0.4, -0.2) is 52.1 Å². The number of hydrogen-bond acceptors (Lipinski definition) is 5. The maximum absolute atomic E-state index is 12.7. The monoisotopic (exact) mass is 407 g/mol. The van der Waals surface area contributed by atoms with Crippen LogP contribution in [-0.2, 0) is 19.5 Å². The van der Waals surface area contributed by atoms with Crippen LogP contribution >= 0.6 is 24.2 Å². The van der Waals surface area contributed by atoms with Crippen molar-refractivity contribution in [3.05, 3.63) is 46.3 Å². The fourth-order valence-corrected chi connectivity index (χ4v) is 4.56. The number of nitrogens with one attached hydrogen (secondary N) is 3. The highest BCUT2D eigenvalue weighted by Gasteiger charge is 2.22. The number of aromatic amines is 1. The van der Waals surface area contributed by atoms with Crippen molar-refractivity contribution in [2.24, 2.45) is 0 Å². The Hall–Kier alpha value is -1.54. The Morgan fingerprint density at radius 2 is 2.15 bits per heavy atom. The number of thioether (sulfide) groups is 1. The molecule has 1 fully saturated rings. The highest BCUT2D eigenvalue weighted by Crippen LogP contribution is 2.21. The van der Waals surface area contributed by atoms with E-state index in [0.717, 1.165) is 55.1 Å². The number of benzene rings is 1. The summed E-state index contributed by atoms with van der Waals surface area (Å²) in [6.07, 6.45) is 0.887. The van der Waals surface area contributed by atoms with Crippen LogP contribution in [0.1, 0.15) is 32.9 Å². The molecule has 4 rings (SSSR count). The van der Waals surface area contributed by atoms with Crippen LogP contribution in [0.15, 0.2) is 18.2 Å². The van der Waals surface area contributed by atoms with Crippen molar-refractivity contribution in [1.29, 1.82) is 0 Å². The topological polar surface area (TPSA) is 73.0 Å². The van der Waals surface area contributed by atoms with E-state index in [1.54, 1.807) is 0 Å². The molecule has 146 valence electrons. The molecule has 0 radical (unpaired) electrons. The zero-order chi connectivity index (χ0) is 17.9. The van der Waals surface area contributed by atoms with E-state index in [2.05, 4.69) is 37.9 Å². The molecule has 27 heavy (non-hydrogen) atoms. The third-order valence-corrected chi connectivity index (χ3v) is 6.01. The molecular formula is C19H26ClN5OS. The summed E-state index contributed by atoms with van der Waals surface area (Å²) in [6, 6.07) is 6.31. The molecule has 3 N–H and O–H groups in total. The van der Waals surface area contributed by atoms with Gasteiger partial charge in [-0.2, -0.15) is 16.9 Å². The van der Waals surface area contributed by atoms with Crippen LogP contribution in [0, 0.1) is 6.92 Å². The van der Waals surface area contributed by atoms with Gasteiger partial charge in [0.15, 0.2) is 5.69 Å². The number of anilines is 1. The van der Waals surface area contributed by atoms with Gasteiger partial charge in [0.1, 0.15) is 0 Å². The standard InChI is InChI=1S/C19H25N5OS.ClH/c1-13-10-14(12-24-6-8-26-9-7-24)2-3-16(13)21-19(25)18-15-11-20-5-4-17(15)22-23-18;/h2-3,10,20H,4-9,11-12H2,1H3,(H,21,25)(H,22,23);1H. The first-order chi connectivity index (χ1) is 12.7. The summed E-state index contributed by atoms with van der Waals surface area (Å²) in [5.41, 5.74) is 5.81. The van der Waals surface area contributed by atoms with E-state index >= 15 is 0 Å². The van der Waals surface area contributed by atoms with Gasteiger partial charge in [-0.05, 0) is 24.1 Å². The molecular weight excluding hydrogens is 382 g/mol. The fraction of sp³-hybridized carbons (Fsp3) is 0.474. The third kappa shape index (κ3) is 4.66. The summed E-state index contributed by atoms with van der Waals surface area (Å²) in [7, 11) is 0. The van der Waals surface area contributed by atoms with Crippen molar-refractivity contribution >= 4 is 35.8 Å². The number of carbonyl (C=O) groups is 1. The zero-order valence-electron chi connectivity index (χ0n) is 15.5. The van der Waals surface area contributed by atoms with Gasteiger partial charge in [-0.3, -0.25) is 14.8 Å². The number of hydrogen-bond donors (Lipinski definition) is 3. The second kappa shape index (κ2) is 9.10. The SMILES string of the molecule is Cc1cc(CN2CCSCC2)ccc1NC(=O)c1n[nH]c2c1CNCC2.Cl. The van der Waals surface area contributed by atoms with E-state index in [-0.39, 0.29) is 18.3 Å². The molecule has 0 saturated carbocycles. The van der Waals surface area contributed by atoms with Gasteiger partial charge in [0.25, 0.3) is 5.91 Å². The van der Waals surface area contributed by atoms with Crippen LogP contribution < -0.4 is 10.6 Å². The minimum Gasteiger partial charge on any atom is -0.320 e. The molecule has 3 heterocycles. The first kappa shape index (κ1) is 20.2. The Bertz CT molecular complexity index is 803. The lowest BCUT2D eigenvalue weighted by Gasteiger charge is -2.26. The highest BCUT2D eigenvalue weighted by molar-refractivity contribution is 7.99. The molecule has 2 aliphatic heterocycles. The lowest BCUT2D eigenvalue weighted by Crippen LogP contribution is -2.31. The Kier molecular flexibility index (Phi) is 6.81. The molecule has 2 aliphatic rings. The van der Waals surface area contributed by atoms with E-state index in [1.807, 2.05) is 24.8 Å². The average Bonchev–Trinajstić information content (AvgIpc) is 3.09. The molecule has 6 nitrogen and oxygen atoms in total. The van der Waals surface area contributed by atoms with Gasteiger partial charge in [0.2, 0.25) is 0 Å². The van der Waals surface area contributed by atoms with Gasteiger partial charge < -0.3 is 10.6 Å². The Morgan fingerprint density at radius 1 is 1.33 bits per heavy atom. The molecule has 1 saturated heterocycles. The predicted octanol–water partition coefficient (Wildman–Crippen LogP) is 2.59. The first-order valence-electron chi connectivity index (χ1n) is 9.18. The number of amides is 1. The number of H-pyrrole nitrogens is 1. The summed E-state index contributed by atoms with van der Waals surface area (Å²) in [6.45, 7) is 6.95. The van der Waals surface area contributed by atoms with E-state index in [4.69, 9.17) is 0 Å². The quantitative estimate of drug-likeness (QED) is 0.726. The van der Waals surface area contributed by atoms with Crippen molar-refractivity contribution in [1.82, 2.24) is 20.4 Å². The van der Waals surface area contributed by atoms with E-state index in [1.165, 1.54) is 17.1 Å². The van der Waals surface area contributed by atoms with Crippen molar-refractivity contribution in [2.45, 2.75) is 26.4 Å². The summed E-state index contributed by atoms with van der Waals surface area (Å²) in [4.78, 5) is 15.2. The number of nitrogens with zero attached hydrogens (tertiary/aromatic N) is 2. The zero-order valence-corrected chi connectivity index (χ0v) is 17.1. The van der Waals surface area contributed by atoms with Crippen molar-refractivity contribution < 1.29 is 4.79 Å². The van der Waals surface area contributed by atoms with Crippen molar-refractivity contribution in [3.8, 4) is 0 Å². The number of aromatic nitrogens is 2. The van der Waals surface area contributed by atoms with Crippen LogP contribution in [0.25, 0.3) is 0 Å². The molecule has 0 unspecified atom stereocenters. The van der Waals surface area contributed by atoms with Crippen LogP contribution in [0.4, 0.5) is 5.69 Å². The maximum Gasteiger partial charge on any atom is 0.276 e. The summed E-state index contributed by atoms with van der Waals surface area (Å²) in [5, 5.41) is 13.6. The van der Waals surface area contributed by atoms with Crippen molar-refractivity contribution in [3.63, 3.8) is 0 Å². The molecule has 1 aromatic heterocycles.